The predicted molar refractivity (Wildman–Crippen MR) is 116 cm³/mol. The van der Waals surface area contributed by atoms with Gasteiger partial charge in [0.2, 0.25) is 0 Å². The van der Waals surface area contributed by atoms with Crippen molar-refractivity contribution in [2.75, 3.05) is 13.2 Å². The molecule has 164 valence electrons. The predicted octanol–water partition coefficient (Wildman–Crippen LogP) is 4.65. The molecule has 5 nitrogen and oxygen atoms in total. The number of hydrogen-bond acceptors (Lipinski definition) is 5. The van der Waals surface area contributed by atoms with Crippen molar-refractivity contribution in [3.63, 3.8) is 0 Å². The molecule has 0 aliphatic carbocycles. The average Bonchev–Trinajstić information content (AvgIpc) is 2.76. The third kappa shape index (κ3) is 7.27. The van der Waals surface area contributed by atoms with Crippen LogP contribution < -0.4 is 0 Å². The normalized spacial score (nSPS) is 26.0. The number of unbranched alkanes of at least 4 members (excludes halogenated alkanes) is 1. The van der Waals surface area contributed by atoms with Gasteiger partial charge in [-0.3, -0.25) is 4.79 Å². The summed E-state index contributed by atoms with van der Waals surface area (Å²) in [4.78, 5) is 23.9. The van der Waals surface area contributed by atoms with Crippen LogP contribution in [0.3, 0.4) is 0 Å². The van der Waals surface area contributed by atoms with Crippen molar-refractivity contribution >= 4 is 11.8 Å². The summed E-state index contributed by atoms with van der Waals surface area (Å²) in [6.07, 6.45) is 7.73. The first-order valence-electron chi connectivity index (χ1n) is 10.9. The Hall–Kier alpha value is -2.16. The molecule has 2 unspecified atom stereocenters. The van der Waals surface area contributed by atoms with Crippen LogP contribution in [0.25, 0.3) is 0 Å². The maximum absolute atomic E-state index is 12.2. The Labute approximate surface area is 180 Å². The van der Waals surface area contributed by atoms with Gasteiger partial charge in [-0.15, -0.1) is 12.3 Å². The highest BCUT2D eigenvalue weighted by molar-refractivity contribution is 5.89. The van der Waals surface area contributed by atoms with E-state index in [2.05, 4.69) is 26.7 Å². The quantitative estimate of drug-likeness (QED) is 0.300. The number of terminal acetylenes is 1. The lowest BCUT2D eigenvalue weighted by Crippen LogP contribution is -2.48. The number of carbonyl (C=O) groups excluding carboxylic acids is 2. The molecule has 1 aromatic carbocycles. The van der Waals surface area contributed by atoms with Crippen LogP contribution in [0, 0.1) is 30.1 Å². The van der Waals surface area contributed by atoms with E-state index in [4.69, 9.17) is 20.6 Å². The minimum absolute atomic E-state index is 0.204. The Bertz CT molecular complexity index is 708. The van der Waals surface area contributed by atoms with Crippen molar-refractivity contribution < 1.29 is 23.8 Å². The topological polar surface area (TPSA) is 61.8 Å². The van der Waals surface area contributed by atoms with E-state index in [0.717, 1.165) is 12.8 Å². The number of ether oxygens (including phenoxy) is 3. The van der Waals surface area contributed by atoms with Crippen molar-refractivity contribution in [1.29, 1.82) is 0 Å². The Balaban J connectivity index is 1.77. The lowest BCUT2D eigenvalue weighted by Gasteiger charge is -2.43. The molecule has 1 heterocycles. The second-order valence-electron chi connectivity index (χ2n) is 8.16. The summed E-state index contributed by atoms with van der Waals surface area (Å²) in [6.45, 7) is 7.18. The van der Waals surface area contributed by atoms with Crippen molar-refractivity contribution in [3.05, 3.63) is 35.9 Å². The minimum Gasteiger partial charge on any atom is -0.459 e. The van der Waals surface area contributed by atoms with Gasteiger partial charge in [-0.25, -0.2) is 4.79 Å². The maximum Gasteiger partial charge on any atom is 0.338 e. The number of esters is 1. The van der Waals surface area contributed by atoms with Gasteiger partial charge < -0.3 is 14.2 Å². The van der Waals surface area contributed by atoms with Crippen molar-refractivity contribution in [1.82, 2.24) is 0 Å². The number of benzene rings is 1. The third-order valence-corrected chi connectivity index (χ3v) is 6.05. The molecule has 0 radical (unpaired) electrons. The second kappa shape index (κ2) is 12.5. The number of carbonyl (C=O) groups is 2. The third-order valence-electron chi connectivity index (χ3n) is 6.05. The summed E-state index contributed by atoms with van der Waals surface area (Å²) in [7, 11) is 0. The molecule has 0 aromatic heterocycles. The second-order valence-corrected chi connectivity index (χ2v) is 8.16. The maximum atomic E-state index is 12.2. The van der Waals surface area contributed by atoms with E-state index in [9.17, 15) is 9.59 Å². The van der Waals surface area contributed by atoms with E-state index in [1.807, 2.05) is 18.2 Å². The molecule has 5 heteroatoms. The lowest BCUT2D eigenvalue weighted by atomic mass is 9.79. The van der Waals surface area contributed by atoms with Crippen LogP contribution in [0.15, 0.2) is 30.3 Å². The van der Waals surface area contributed by atoms with Crippen LogP contribution in [0.1, 0.15) is 63.2 Å². The zero-order chi connectivity index (χ0) is 21.9. The van der Waals surface area contributed by atoms with Gasteiger partial charge in [-0.1, -0.05) is 39.0 Å². The van der Waals surface area contributed by atoms with Gasteiger partial charge in [-0.2, -0.15) is 0 Å². The van der Waals surface area contributed by atoms with Gasteiger partial charge in [0.05, 0.1) is 11.7 Å². The molecule has 0 N–H and O–H groups in total. The zero-order valence-corrected chi connectivity index (χ0v) is 18.3. The van der Waals surface area contributed by atoms with Crippen LogP contribution in [-0.4, -0.2) is 37.4 Å². The van der Waals surface area contributed by atoms with Crippen LogP contribution in [-0.2, 0) is 19.0 Å². The Kier molecular flexibility index (Phi) is 10.1. The SMILES string of the molecule is C#CCCC(=O)CCCCO[C@@H]1OC(COC(=O)c2ccccc2)[C@H](C)[C@H](C)C1C. The van der Waals surface area contributed by atoms with Gasteiger partial charge in [0.15, 0.2) is 6.29 Å². The minimum atomic E-state index is -0.343. The molecular formula is C25H34O5. The molecule has 1 aliphatic rings. The molecule has 1 aliphatic heterocycles. The van der Waals surface area contributed by atoms with E-state index in [-0.39, 0.29) is 42.6 Å². The number of rotatable bonds is 11. The molecular weight excluding hydrogens is 380 g/mol. The molecule has 1 saturated heterocycles. The van der Waals surface area contributed by atoms with Gasteiger partial charge >= 0.3 is 5.97 Å². The Morgan fingerprint density at radius 1 is 1.03 bits per heavy atom. The van der Waals surface area contributed by atoms with E-state index in [1.54, 1.807) is 12.1 Å². The molecule has 1 aromatic rings. The van der Waals surface area contributed by atoms with Gasteiger partial charge in [0.1, 0.15) is 12.4 Å². The largest absolute Gasteiger partial charge is 0.459 e. The molecule has 5 atom stereocenters. The summed E-state index contributed by atoms with van der Waals surface area (Å²) in [5.41, 5.74) is 0.534. The molecule has 0 amide bonds. The molecule has 2 rings (SSSR count). The van der Waals surface area contributed by atoms with Gasteiger partial charge in [-0.05, 0) is 36.8 Å². The van der Waals surface area contributed by atoms with Crippen LogP contribution in [0.4, 0.5) is 0 Å². The fourth-order valence-electron chi connectivity index (χ4n) is 3.64. The fourth-order valence-corrected chi connectivity index (χ4v) is 3.64. The summed E-state index contributed by atoms with van der Waals surface area (Å²) in [5.74, 6) is 3.21. The highest BCUT2D eigenvalue weighted by Crippen LogP contribution is 2.35. The fraction of sp³-hybridized carbons (Fsp3) is 0.600. The van der Waals surface area contributed by atoms with E-state index < -0.39 is 0 Å². The van der Waals surface area contributed by atoms with E-state index in [1.165, 1.54) is 0 Å². The van der Waals surface area contributed by atoms with Crippen LogP contribution in [0.2, 0.25) is 0 Å². The molecule has 1 fully saturated rings. The number of ketones is 1. The van der Waals surface area contributed by atoms with E-state index >= 15 is 0 Å². The van der Waals surface area contributed by atoms with Gasteiger partial charge in [0, 0.05) is 31.8 Å². The lowest BCUT2D eigenvalue weighted by molar-refractivity contribution is -0.254. The number of hydrogen-bond donors (Lipinski definition) is 0. The van der Waals surface area contributed by atoms with Crippen LogP contribution >= 0.6 is 0 Å². The monoisotopic (exact) mass is 414 g/mol. The number of Topliss-reactive ketones (excluding diaryl/α,β-unsaturated/α-hetero) is 1. The first kappa shape index (κ1) is 24.1. The molecule has 0 spiro atoms. The molecule has 0 saturated carbocycles. The first-order valence-corrected chi connectivity index (χ1v) is 10.9. The van der Waals surface area contributed by atoms with Crippen molar-refractivity contribution in [2.45, 2.75) is 65.3 Å². The standard InChI is InChI=1S/C25H34O5/c1-5-6-14-22(26)15-10-11-16-28-25-20(4)18(2)19(3)23(30-25)17-29-24(27)21-12-8-7-9-13-21/h1,7-9,12-13,18-20,23,25H,6,10-11,14-17H2,2-4H3/t18-,19+,20?,23?,25+/m0/s1. The molecule has 0 bridgehead atoms. The van der Waals surface area contributed by atoms with Gasteiger partial charge in [0.25, 0.3) is 0 Å². The summed E-state index contributed by atoms with van der Waals surface area (Å²) < 4.78 is 17.7. The van der Waals surface area contributed by atoms with Crippen molar-refractivity contribution in [2.24, 2.45) is 17.8 Å². The van der Waals surface area contributed by atoms with E-state index in [0.29, 0.717) is 37.4 Å². The Morgan fingerprint density at radius 3 is 2.47 bits per heavy atom. The Morgan fingerprint density at radius 2 is 1.77 bits per heavy atom. The highest BCUT2D eigenvalue weighted by Gasteiger charge is 2.40. The molecule has 30 heavy (non-hydrogen) atoms. The van der Waals surface area contributed by atoms with Crippen LogP contribution in [0.5, 0.6) is 0 Å². The smallest absolute Gasteiger partial charge is 0.338 e. The summed E-state index contributed by atoms with van der Waals surface area (Å²) >= 11 is 0. The average molecular weight is 415 g/mol. The first-order chi connectivity index (χ1) is 14.4. The van der Waals surface area contributed by atoms with Crippen molar-refractivity contribution in [3.8, 4) is 12.3 Å². The highest BCUT2D eigenvalue weighted by atomic mass is 16.7. The summed E-state index contributed by atoms with van der Waals surface area (Å²) in [6, 6.07) is 8.96. The summed E-state index contributed by atoms with van der Waals surface area (Å²) in [5, 5.41) is 0. The zero-order valence-electron chi connectivity index (χ0n) is 18.3.